The third-order valence-electron chi connectivity index (χ3n) is 5.21. The zero-order valence-electron chi connectivity index (χ0n) is 17.8. The zero-order valence-corrected chi connectivity index (χ0v) is 17.8. The molecule has 0 aliphatic carbocycles. The van der Waals surface area contributed by atoms with Gasteiger partial charge in [-0.1, -0.05) is 69.8 Å². The molecule has 27 heavy (non-hydrogen) atoms. The molecule has 0 aromatic carbocycles. The molecule has 1 aliphatic rings. The van der Waals surface area contributed by atoms with Crippen molar-refractivity contribution >= 4 is 5.97 Å². The van der Waals surface area contributed by atoms with Crippen LogP contribution in [0.4, 0.5) is 0 Å². The summed E-state index contributed by atoms with van der Waals surface area (Å²) in [6, 6.07) is 0. The molecule has 0 bridgehead atoms. The predicted octanol–water partition coefficient (Wildman–Crippen LogP) is 5.35. The third kappa shape index (κ3) is 10.7. The molecule has 0 spiro atoms. The second-order valence-corrected chi connectivity index (χ2v) is 8.27. The van der Waals surface area contributed by atoms with E-state index in [0.29, 0.717) is 6.10 Å². The van der Waals surface area contributed by atoms with Gasteiger partial charge in [0.15, 0.2) is 0 Å². The molecule has 1 heterocycles. The van der Waals surface area contributed by atoms with Crippen LogP contribution in [0.3, 0.4) is 0 Å². The predicted molar refractivity (Wildman–Crippen MR) is 111 cm³/mol. The number of methoxy groups -OCH3 is 1. The van der Waals surface area contributed by atoms with Crippen molar-refractivity contribution < 1.29 is 19.4 Å². The molecule has 156 valence electrons. The minimum Gasteiger partial charge on any atom is -0.469 e. The number of carbonyl (C=O) groups excluding carboxylic acids is 1. The summed E-state index contributed by atoms with van der Waals surface area (Å²) in [5, 5.41) is 9.96. The molecule has 3 unspecified atom stereocenters. The fourth-order valence-corrected chi connectivity index (χ4v) is 3.24. The average Bonchev–Trinajstić information content (AvgIpc) is 3.40. The molecule has 0 aromatic rings. The Kier molecular flexibility index (Phi) is 11.6. The fourth-order valence-electron chi connectivity index (χ4n) is 3.24. The summed E-state index contributed by atoms with van der Waals surface area (Å²) in [5.74, 6) is -0.128. The van der Waals surface area contributed by atoms with E-state index in [1.165, 1.54) is 26.4 Å². The van der Waals surface area contributed by atoms with Gasteiger partial charge >= 0.3 is 5.97 Å². The van der Waals surface area contributed by atoms with E-state index in [2.05, 4.69) is 13.0 Å². The number of hydrogen-bond acceptors (Lipinski definition) is 4. The normalized spacial score (nSPS) is 21.1. The lowest BCUT2D eigenvalue weighted by Gasteiger charge is -2.20. The summed E-state index contributed by atoms with van der Waals surface area (Å²) in [4.78, 5) is 11.6. The number of esters is 1. The Labute approximate surface area is 166 Å². The van der Waals surface area contributed by atoms with Crippen LogP contribution in [0, 0.1) is 5.41 Å². The average molecular weight is 381 g/mol. The highest BCUT2D eigenvalue weighted by Gasteiger charge is 2.35. The van der Waals surface area contributed by atoms with E-state index in [9.17, 15) is 9.90 Å². The van der Waals surface area contributed by atoms with E-state index >= 15 is 0 Å². The number of rotatable bonds is 15. The number of unbranched alkanes of at least 4 members (excludes halogenated alkanes) is 6. The Bertz CT molecular complexity index is 467. The Morgan fingerprint density at radius 2 is 1.89 bits per heavy atom. The Balaban J connectivity index is 2.02. The standard InChI is InChI=1S/C23H40O4/c1-5-6-11-15-20-21(27-20)17-16-19(24)14-12-9-7-8-10-13-18-23(2,3)22(25)26-4/h12,14,16-17,19-21,24H,5-11,13,15,18H2,1-4H3/b14-12-,17-16+. The zero-order chi connectivity index (χ0) is 20.1. The van der Waals surface area contributed by atoms with Gasteiger partial charge in [-0.05, 0) is 39.5 Å². The summed E-state index contributed by atoms with van der Waals surface area (Å²) in [6.07, 6.45) is 18.9. The molecule has 1 saturated heterocycles. The first-order valence-corrected chi connectivity index (χ1v) is 10.7. The number of ether oxygens (including phenoxy) is 2. The second kappa shape index (κ2) is 13.1. The molecule has 1 rings (SSSR count). The van der Waals surface area contributed by atoms with Crippen molar-refractivity contribution in [2.24, 2.45) is 5.41 Å². The lowest BCUT2D eigenvalue weighted by Crippen LogP contribution is -2.25. The number of allylic oxidation sites excluding steroid dienone is 1. The third-order valence-corrected chi connectivity index (χ3v) is 5.21. The van der Waals surface area contributed by atoms with Gasteiger partial charge in [0.2, 0.25) is 0 Å². The summed E-state index contributed by atoms with van der Waals surface area (Å²) < 4.78 is 10.4. The van der Waals surface area contributed by atoms with Crippen molar-refractivity contribution in [2.45, 2.75) is 103 Å². The molecular weight excluding hydrogens is 340 g/mol. The molecule has 3 atom stereocenters. The van der Waals surface area contributed by atoms with Crippen LogP contribution in [-0.4, -0.2) is 36.5 Å². The molecule has 1 aliphatic heterocycles. The molecule has 0 aromatic heterocycles. The van der Waals surface area contributed by atoms with E-state index < -0.39 is 6.10 Å². The van der Waals surface area contributed by atoms with Gasteiger partial charge < -0.3 is 14.6 Å². The summed E-state index contributed by atoms with van der Waals surface area (Å²) in [5.41, 5.74) is -0.384. The molecule has 4 nitrogen and oxygen atoms in total. The van der Waals surface area contributed by atoms with Crippen LogP contribution in [0.2, 0.25) is 0 Å². The number of aliphatic hydroxyl groups excluding tert-OH is 1. The maximum absolute atomic E-state index is 11.6. The van der Waals surface area contributed by atoms with E-state index in [-0.39, 0.29) is 17.5 Å². The monoisotopic (exact) mass is 380 g/mol. The van der Waals surface area contributed by atoms with Crippen molar-refractivity contribution in [1.82, 2.24) is 0 Å². The number of epoxide rings is 1. The quantitative estimate of drug-likeness (QED) is 0.180. The van der Waals surface area contributed by atoms with Gasteiger partial charge in [0.05, 0.1) is 24.7 Å². The van der Waals surface area contributed by atoms with Gasteiger partial charge in [0.25, 0.3) is 0 Å². The molecular formula is C23H40O4. The van der Waals surface area contributed by atoms with Gasteiger partial charge in [-0.2, -0.15) is 0 Å². The maximum Gasteiger partial charge on any atom is 0.311 e. The molecule has 4 heteroatoms. The highest BCUT2D eigenvalue weighted by molar-refractivity contribution is 5.75. The Hall–Kier alpha value is -1.13. The van der Waals surface area contributed by atoms with Crippen molar-refractivity contribution in [3.8, 4) is 0 Å². The Morgan fingerprint density at radius 3 is 2.59 bits per heavy atom. The van der Waals surface area contributed by atoms with Gasteiger partial charge in [0, 0.05) is 0 Å². The van der Waals surface area contributed by atoms with Crippen LogP contribution in [0.25, 0.3) is 0 Å². The van der Waals surface area contributed by atoms with Gasteiger partial charge in [-0.15, -0.1) is 0 Å². The topological polar surface area (TPSA) is 59.1 Å². The minimum absolute atomic E-state index is 0.128. The molecule has 1 N–H and O–H groups in total. The maximum atomic E-state index is 11.6. The molecule has 1 fully saturated rings. The first-order chi connectivity index (χ1) is 12.9. The van der Waals surface area contributed by atoms with Gasteiger partial charge in [0.1, 0.15) is 6.10 Å². The van der Waals surface area contributed by atoms with Gasteiger partial charge in [-0.3, -0.25) is 4.79 Å². The van der Waals surface area contributed by atoms with Crippen LogP contribution >= 0.6 is 0 Å². The number of aliphatic hydroxyl groups is 1. The van der Waals surface area contributed by atoms with Crippen LogP contribution in [-0.2, 0) is 14.3 Å². The van der Waals surface area contributed by atoms with Gasteiger partial charge in [-0.25, -0.2) is 0 Å². The Morgan fingerprint density at radius 1 is 1.15 bits per heavy atom. The number of carbonyl (C=O) groups is 1. The van der Waals surface area contributed by atoms with Crippen molar-refractivity contribution in [1.29, 1.82) is 0 Å². The largest absolute Gasteiger partial charge is 0.469 e. The van der Waals surface area contributed by atoms with E-state index in [1.54, 1.807) is 0 Å². The van der Waals surface area contributed by atoms with Crippen LogP contribution in [0.5, 0.6) is 0 Å². The first-order valence-electron chi connectivity index (χ1n) is 10.7. The van der Waals surface area contributed by atoms with Crippen molar-refractivity contribution in [3.63, 3.8) is 0 Å². The van der Waals surface area contributed by atoms with Crippen LogP contribution < -0.4 is 0 Å². The summed E-state index contributed by atoms with van der Waals surface area (Å²) in [7, 11) is 1.45. The second-order valence-electron chi connectivity index (χ2n) is 8.27. The van der Waals surface area contributed by atoms with Crippen molar-refractivity contribution in [2.75, 3.05) is 7.11 Å². The summed E-state index contributed by atoms with van der Waals surface area (Å²) >= 11 is 0. The number of hydrogen-bond donors (Lipinski definition) is 1. The van der Waals surface area contributed by atoms with Crippen molar-refractivity contribution in [3.05, 3.63) is 24.3 Å². The highest BCUT2D eigenvalue weighted by Crippen LogP contribution is 2.28. The van der Waals surface area contributed by atoms with E-state index in [0.717, 1.165) is 44.9 Å². The molecule has 0 saturated carbocycles. The van der Waals surface area contributed by atoms with E-state index in [4.69, 9.17) is 9.47 Å². The smallest absolute Gasteiger partial charge is 0.311 e. The minimum atomic E-state index is -0.522. The summed E-state index contributed by atoms with van der Waals surface area (Å²) in [6.45, 7) is 6.09. The lowest BCUT2D eigenvalue weighted by molar-refractivity contribution is -0.151. The van der Waals surface area contributed by atoms with E-state index in [1.807, 2.05) is 32.1 Å². The lowest BCUT2D eigenvalue weighted by atomic mass is 9.87. The first kappa shape index (κ1) is 23.9. The fraction of sp³-hybridized carbons (Fsp3) is 0.783. The SMILES string of the molecule is CCCCCC1OC1/C=C/C(O)/C=C\CCCCCCC(C)(C)C(=O)OC. The molecule has 0 amide bonds. The van der Waals surface area contributed by atoms with Crippen LogP contribution in [0.1, 0.15) is 85.0 Å². The molecule has 0 radical (unpaired) electrons. The highest BCUT2D eigenvalue weighted by atomic mass is 16.6. The van der Waals surface area contributed by atoms with Crippen LogP contribution in [0.15, 0.2) is 24.3 Å².